The highest BCUT2D eigenvalue weighted by molar-refractivity contribution is 7.09. The van der Waals surface area contributed by atoms with E-state index in [4.69, 9.17) is 4.74 Å². The highest BCUT2D eigenvalue weighted by Gasteiger charge is 2.14. The van der Waals surface area contributed by atoms with E-state index in [0.29, 0.717) is 30.9 Å². The summed E-state index contributed by atoms with van der Waals surface area (Å²) >= 11 is 1.02. The predicted molar refractivity (Wildman–Crippen MR) is 162 cm³/mol. The number of rotatable bonds is 14. The number of hydrogen-bond donors (Lipinski definition) is 2. The molecule has 0 spiro atoms. The van der Waals surface area contributed by atoms with Crippen LogP contribution >= 0.6 is 11.3 Å². The Morgan fingerprint density at radius 1 is 0.925 bits per heavy atom. The number of nitrogens with one attached hydrogen (secondary N) is 1. The molecule has 4 rings (SSSR count). The van der Waals surface area contributed by atoms with Crippen molar-refractivity contribution in [2.24, 2.45) is 0 Å². The van der Waals surface area contributed by atoms with E-state index < -0.39 is 0 Å². The first-order valence-corrected chi connectivity index (χ1v) is 14.8. The number of aromatic nitrogens is 1. The van der Waals surface area contributed by atoms with Gasteiger partial charge in [0.25, 0.3) is 0 Å². The fourth-order valence-corrected chi connectivity index (χ4v) is 5.41. The molecule has 4 aromatic rings. The third-order valence-corrected chi connectivity index (χ3v) is 7.82. The van der Waals surface area contributed by atoms with Gasteiger partial charge in [0.05, 0.1) is 4.88 Å². The smallest absolute Gasteiger partial charge is 0.307 e. The molecular formula is C33H38N2O4S. The fraction of sp³-hybridized carbons (Fsp3) is 0.333. The highest BCUT2D eigenvalue weighted by atomic mass is 32.1. The molecule has 0 bridgehead atoms. The van der Waals surface area contributed by atoms with Gasteiger partial charge in [0.2, 0.25) is 11.8 Å². The molecule has 0 fully saturated rings. The van der Waals surface area contributed by atoms with Crippen LogP contribution in [0.3, 0.4) is 0 Å². The SMILES string of the molecule is CCCCCCCC(=O)N(C)Cc1ccc(OCc2ccccc2)c(-c2ccc(Cc3sc(=O)[nH]c3O)cc2)c1. The number of ether oxygens (including phenoxy) is 1. The number of aromatic hydroxyl groups is 1. The maximum absolute atomic E-state index is 12.7. The number of H-pyrrole nitrogens is 1. The number of benzene rings is 3. The van der Waals surface area contributed by atoms with Crippen LogP contribution in [-0.4, -0.2) is 27.9 Å². The van der Waals surface area contributed by atoms with Gasteiger partial charge in [-0.3, -0.25) is 14.6 Å². The lowest BCUT2D eigenvalue weighted by atomic mass is 9.99. The van der Waals surface area contributed by atoms with Crippen LogP contribution in [0, 0.1) is 0 Å². The first-order chi connectivity index (χ1) is 19.4. The standard InChI is InChI=1S/C33H38N2O4S/c1-3-4-5-6-10-13-31(36)35(2)22-26-16-19-29(39-23-25-11-8-7-9-12-25)28(20-26)27-17-14-24(15-18-27)21-30-32(37)34-33(38)40-30/h7-9,11-12,14-20,37H,3-6,10,13,21-23H2,1-2H3,(H,34,38). The number of amides is 1. The zero-order valence-electron chi connectivity index (χ0n) is 23.3. The van der Waals surface area contributed by atoms with E-state index in [2.05, 4.69) is 18.0 Å². The van der Waals surface area contributed by atoms with E-state index in [1.807, 2.05) is 73.8 Å². The molecule has 0 saturated heterocycles. The number of carbonyl (C=O) groups is 1. The van der Waals surface area contributed by atoms with Crippen LogP contribution in [0.4, 0.5) is 0 Å². The summed E-state index contributed by atoms with van der Waals surface area (Å²) < 4.78 is 6.26. The van der Waals surface area contributed by atoms with E-state index in [0.717, 1.165) is 57.7 Å². The van der Waals surface area contributed by atoms with Crippen LogP contribution in [0.25, 0.3) is 11.1 Å². The van der Waals surface area contributed by atoms with Crippen LogP contribution in [0.15, 0.2) is 77.6 Å². The number of unbranched alkanes of at least 4 members (excludes halogenated alkanes) is 4. The molecule has 40 heavy (non-hydrogen) atoms. The van der Waals surface area contributed by atoms with Crippen molar-refractivity contribution in [1.29, 1.82) is 0 Å². The minimum atomic E-state index is -0.263. The molecular weight excluding hydrogens is 520 g/mol. The Hall–Kier alpha value is -3.84. The summed E-state index contributed by atoms with van der Waals surface area (Å²) in [5, 5.41) is 9.95. The summed E-state index contributed by atoms with van der Waals surface area (Å²) in [6, 6.07) is 24.2. The first kappa shape index (κ1) is 29.2. The van der Waals surface area contributed by atoms with E-state index >= 15 is 0 Å². The monoisotopic (exact) mass is 558 g/mol. The van der Waals surface area contributed by atoms with Gasteiger partial charge < -0.3 is 14.7 Å². The summed E-state index contributed by atoms with van der Waals surface area (Å²) in [5.41, 5.74) is 5.05. The van der Waals surface area contributed by atoms with Gasteiger partial charge >= 0.3 is 4.87 Å². The van der Waals surface area contributed by atoms with Crippen LogP contribution in [0.1, 0.15) is 67.0 Å². The van der Waals surface area contributed by atoms with Gasteiger partial charge in [-0.25, -0.2) is 0 Å². The normalized spacial score (nSPS) is 10.9. The zero-order chi connectivity index (χ0) is 28.3. The summed E-state index contributed by atoms with van der Waals surface area (Å²) in [6.07, 6.45) is 6.70. The third-order valence-electron chi connectivity index (χ3n) is 6.95. The van der Waals surface area contributed by atoms with Crippen molar-refractivity contribution in [3.8, 4) is 22.8 Å². The Kier molecular flexibility index (Phi) is 10.6. The van der Waals surface area contributed by atoms with Gasteiger partial charge in [-0.05, 0) is 40.8 Å². The number of aromatic amines is 1. The fourth-order valence-electron chi connectivity index (χ4n) is 4.65. The van der Waals surface area contributed by atoms with Crippen molar-refractivity contribution in [1.82, 2.24) is 9.88 Å². The maximum Gasteiger partial charge on any atom is 0.307 e. The van der Waals surface area contributed by atoms with Gasteiger partial charge in [-0.1, -0.05) is 105 Å². The van der Waals surface area contributed by atoms with Gasteiger partial charge in [0.15, 0.2) is 0 Å². The average Bonchev–Trinajstić information content (AvgIpc) is 3.28. The van der Waals surface area contributed by atoms with E-state index in [1.54, 1.807) is 4.90 Å². The molecule has 0 atom stereocenters. The van der Waals surface area contributed by atoms with Gasteiger partial charge in [0.1, 0.15) is 12.4 Å². The maximum atomic E-state index is 12.7. The van der Waals surface area contributed by atoms with E-state index in [1.165, 1.54) is 19.3 Å². The Balaban J connectivity index is 1.51. The number of carbonyl (C=O) groups excluding carboxylic acids is 1. The number of hydrogen-bond acceptors (Lipinski definition) is 5. The molecule has 0 saturated carbocycles. The van der Waals surface area contributed by atoms with Gasteiger partial charge in [-0.15, -0.1) is 0 Å². The molecule has 6 nitrogen and oxygen atoms in total. The van der Waals surface area contributed by atoms with Crippen molar-refractivity contribution in [3.63, 3.8) is 0 Å². The van der Waals surface area contributed by atoms with Crippen LogP contribution < -0.4 is 9.61 Å². The minimum absolute atomic E-state index is 0.0667. The van der Waals surface area contributed by atoms with Crippen molar-refractivity contribution in [2.75, 3.05) is 7.05 Å². The topological polar surface area (TPSA) is 82.6 Å². The first-order valence-electron chi connectivity index (χ1n) is 14.0. The van der Waals surface area contributed by atoms with Crippen molar-refractivity contribution in [2.45, 2.75) is 65.0 Å². The Morgan fingerprint density at radius 2 is 1.65 bits per heavy atom. The Morgan fingerprint density at radius 3 is 2.35 bits per heavy atom. The molecule has 0 aliphatic heterocycles. The molecule has 0 radical (unpaired) electrons. The molecule has 1 aromatic heterocycles. The molecule has 1 heterocycles. The van der Waals surface area contributed by atoms with Crippen LogP contribution in [0.5, 0.6) is 11.6 Å². The minimum Gasteiger partial charge on any atom is -0.494 e. The summed E-state index contributed by atoms with van der Waals surface area (Å²) in [6.45, 7) is 3.18. The second kappa shape index (κ2) is 14.5. The van der Waals surface area contributed by atoms with Gasteiger partial charge in [0, 0.05) is 32.0 Å². The highest BCUT2D eigenvalue weighted by Crippen LogP contribution is 2.33. The second-order valence-electron chi connectivity index (χ2n) is 10.2. The van der Waals surface area contributed by atoms with Crippen LogP contribution in [-0.2, 0) is 24.4 Å². The lowest BCUT2D eigenvalue weighted by molar-refractivity contribution is -0.130. The lowest BCUT2D eigenvalue weighted by Gasteiger charge is -2.19. The Bertz CT molecular complexity index is 1430. The molecule has 0 aliphatic carbocycles. The quantitative estimate of drug-likeness (QED) is 0.159. The summed E-state index contributed by atoms with van der Waals surface area (Å²) in [7, 11) is 1.87. The molecule has 0 unspecified atom stereocenters. The van der Waals surface area contributed by atoms with E-state index in [9.17, 15) is 14.7 Å². The number of nitrogens with zero attached hydrogens (tertiary/aromatic N) is 1. The molecule has 0 aliphatic rings. The van der Waals surface area contributed by atoms with Crippen LogP contribution in [0.2, 0.25) is 0 Å². The molecule has 7 heteroatoms. The number of thiazole rings is 1. The lowest BCUT2D eigenvalue weighted by Crippen LogP contribution is -2.25. The molecule has 3 aromatic carbocycles. The second-order valence-corrected chi connectivity index (χ2v) is 11.2. The third kappa shape index (κ3) is 8.33. The summed E-state index contributed by atoms with van der Waals surface area (Å²) in [4.78, 5) is 28.9. The molecule has 2 N–H and O–H groups in total. The van der Waals surface area contributed by atoms with Gasteiger partial charge in [-0.2, -0.15) is 0 Å². The molecule has 210 valence electrons. The molecule has 1 amide bonds. The van der Waals surface area contributed by atoms with Crippen molar-refractivity contribution in [3.05, 3.63) is 104 Å². The van der Waals surface area contributed by atoms with Crippen molar-refractivity contribution < 1.29 is 14.6 Å². The largest absolute Gasteiger partial charge is 0.494 e. The van der Waals surface area contributed by atoms with E-state index in [-0.39, 0.29) is 16.7 Å². The summed E-state index contributed by atoms with van der Waals surface area (Å²) in [5.74, 6) is 0.872. The van der Waals surface area contributed by atoms with Crippen molar-refractivity contribution >= 4 is 17.2 Å². The predicted octanol–water partition coefficient (Wildman–Crippen LogP) is 7.30. The zero-order valence-corrected chi connectivity index (χ0v) is 24.1. The average molecular weight is 559 g/mol. The Labute approximate surface area is 240 Å².